The van der Waals surface area contributed by atoms with Crippen LogP contribution in [0.15, 0.2) is 42.5 Å². The van der Waals surface area contributed by atoms with Crippen LogP contribution in [0.5, 0.6) is 0 Å². The number of nitrogens with one attached hydrogen (secondary N) is 2. The van der Waals surface area contributed by atoms with Crippen molar-refractivity contribution in [3.8, 4) is 0 Å². The summed E-state index contributed by atoms with van der Waals surface area (Å²) < 4.78 is 0. The van der Waals surface area contributed by atoms with E-state index in [-0.39, 0.29) is 18.4 Å². The normalized spacial score (nSPS) is 22.2. The Bertz CT molecular complexity index is 815. The summed E-state index contributed by atoms with van der Waals surface area (Å²) in [5.41, 5.74) is 0.990. The second-order valence-electron chi connectivity index (χ2n) is 7.36. The third kappa shape index (κ3) is 3.73. The maximum Gasteiger partial charge on any atom is 0.242 e. The highest BCUT2D eigenvalue weighted by atomic mass is 16.2. The lowest BCUT2D eigenvalue weighted by Gasteiger charge is -2.24. The minimum Gasteiger partial charge on any atom is -0.347 e. The van der Waals surface area contributed by atoms with Gasteiger partial charge in [-0.1, -0.05) is 42.5 Å². The number of hydrogen-bond donors (Lipinski definition) is 2. The van der Waals surface area contributed by atoms with E-state index in [2.05, 4.69) is 10.6 Å². The van der Waals surface area contributed by atoms with Crippen LogP contribution >= 0.6 is 0 Å². The maximum atomic E-state index is 12.5. The highest BCUT2D eigenvalue weighted by Gasteiger charge is 2.30. The Kier molecular flexibility index (Phi) is 4.89. The molecule has 2 unspecified atom stereocenters. The van der Waals surface area contributed by atoms with Crippen molar-refractivity contribution in [2.45, 2.75) is 37.8 Å². The lowest BCUT2D eigenvalue weighted by Crippen LogP contribution is -2.44. The van der Waals surface area contributed by atoms with Crippen LogP contribution in [0.4, 0.5) is 0 Å². The third-order valence-electron chi connectivity index (χ3n) is 5.54. The molecular formula is C21H25N3O2. The Balaban J connectivity index is 1.33. The van der Waals surface area contributed by atoms with Crippen molar-refractivity contribution in [3.05, 3.63) is 48.0 Å². The monoisotopic (exact) mass is 351 g/mol. The summed E-state index contributed by atoms with van der Waals surface area (Å²) >= 11 is 0. The molecule has 4 rings (SSSR count). The Morgan fingerprint density at radius 1 is 1.04 bits per heavy atom. The third-order valence-corrected chi connectivity index (χ3v) is 5.54. The van der Waals surface area contributed by atoms with Gasteiger partial charge < -0.3 is 15.5 Å². The van der Waals surface area contributed by atoms with Crippen molar-refractivity contribution in [2.75, 3.05) is 19.6 Å². The summed E-state index contributed by atoms with van der Waals surface area (Å²) in [7, 11) is 0. The molecule has 2 atom stereocenters. The summed E-state index contributed by atoms with van der Waals surface area (Å²) in [6.45, 7) is 1.63. The summed E-state index contributed by atoms with van der Waals surface area (Å²) in [4.78, 5) is 26.7. The maximum absolute atomic E-state index is 12.5. The van der Waals surface area contributed by atoms with Crippen LogP contribution in [0.1, 0.15) is 24.8 Å². The molecule has 2 fully saturated rings. The molecule has 2 bridgehead atoms. The molecule has 0 spiro atoms. The Morgan fingerprint density at radius 3 is 2.77 bits per heavy atom. The predicted octanol–water partition coefficient (Wildman–Crippen LogP) is 1.85. The highest BCUT2D eigenvalue weighted by molar-refractivity contribution is 5.91. The Hall–Kier alpha value is -2.40. The zero-order valence-electron chi connectivity index (χ0n) is 14.9. The van der Waals surface area contributed by atoms with Crippen LogP contribution in [0.3, 0.4) is 0 Å². The number of rotatable bonds is 4. The summed E-state index contributed by atoms with van der Waals surface area (Å²) in [6.07, 6.45) is 3.66. The van der Waals surface area contributed by atoms with Gasteiger partial charge in [-0.25, -0.2) is 0 Å². The van der Waals surface area contributed by atoms with E-state index in [9.17, 15) is 9.59 Å². The van der Waals surface area contributed by atoms with Crippen LogP contribution in [0, 0.1) is 0 Å². The first-order chi connectivity index (χ1) is 12.7. The summed E-state index contributed by atoms with van der Waals surface area (Å²) in [5, 5.41) is 8.59. The van der Waals surface area contributed by atoms with Crippen molar-refractivity contribution in [2.24, 2.45) is 0 Å². The lowest BCUT2D eigenvalue weighted by molar-refractivity contribution is -0.132. The number of hydrogen-bond acceptors (Lipinski definition) is 3. The molecular weight excluding hydrogens is 326 g/mol. The van der Waals surface area contributed by atoms with Gasteiger partial charge in [-0.15, -0.1) is 0 Å². The van der Waals surface area contributed by atoms with Gasteiger partial charge >= 0.3 is 0 Å². The van der Waals surface area contributed by atoms with Crippen LogP contribution in [0.25, 0.3) is 10.8 Å². The van der Waals surface area contributed by atoms with Gasteiger partial charge in [-0.05, 0) is 35.6 Å². The fourth-order valence-corrected chi connectivity index (χ4v) is 4.14. The van der Waals surface area contributed by atoms with Crippen molar-refractivity contribution in [1.29, 1.82) is 0 Å². The smallest absolute Gasteiger partial charge is 0.242 e. The minimum absolute atomic E-state index is 0.0191. The van der Waals surface area contributed by atoms with E-state index in [0.717, 1.165) is 42.3 Å². The molecule has 2 aliphatic rings. The zero-order valence-corrected chi connectivity index (χ0v) is 14.9. The minimum atomic E-state index is -0.107. The molecule has 0 radical (unpaired) electrons. The molecule has 5 nitrogen and oxygen atoms in total. The van der Waals surface area contributed by atoms with Gasteiger partial charge in [0.1, 0.15) is 0 Å². The molecule has 26 heavy (non-hydrogen) atoms. The lowest BCUT2D eigenvalue weighted by atomic mass is 10.0. The molecule has 2 amide bonds. The second-order valence-corrected chi connectivity index (χ2v) is 7.36. The van der Waals surface area contributed by atoms with Crippen LogP contribution < -0.4 is 10.6 Å². The van der Waals surface area contributed by atoms with Gasteiger partial charge in [-0.2, -0.15) is 0 Å². The van der Waals surface area contributed by atoms with Crippen molar-refractivity contribution in [1.82, 2.24) is 15.5 Å². The van der Waals surface area contributed by atoms with E-state index in [0.29, 0.717) is 18.5 Å². The van der Waals surface area contributed by atoms with Crippen molar-refractivity contribution < 1.29 is 9.59 Å². The van der Waals surface area contributed by atoms with Gasteiger partial charge in [-0.3, -0.25) is 9.59 Å². The van der Waals surface area contributed by atoms with E-state index in [4.69, 9.17) is 0 Å². The topological polar surface area (TPSA) is 61.4 Å². The van der Waals surface area contributed by atoms with Crippen molar-refractivity contribution in [3.63, 3.8) is 0 Å². The molecule has 5 heteroatoms. The molecule has 0 aliphatic carbocycles. The van der Waals surface area contributed by atoms with Crippen molar-refractivity contribution >= 4 is 22.6 Å². The fraction of sp³-hybridized carbons (Fsp3) is 0.429. The number of carbonyl (C=O) groups excluding carboxylic acids is 2. The van der Waals surface area contributed by atoms with E-state index >= 15 is 0 Å². The molecule has 0 aromatic heterocycles. The molecule has 2 heterocycles. The molecule has 2 aromatic carbocycles. The standard InChI is InChI=1S/C21H25N3O2/c25-20(12-16-6-3-5-15-4-1-2-7-19(15)16)22-13-21(26)24-11-10-17-8-9-18(14-24)23-17/h1-7,17-18,23H,8-14H2,(H,22,25). The van der Waals surface area contributed by atoms with Gasteiger partial charge in [0.25, 0.3) is 0 Å². The zero-order chi connectivity index (χ0) is 17.9. The molecule has 2 N–H and O–H groups in total. The molecule has 2 saturated heterocycles. The number of carbonyl (C=O) groups is 2. The Morgan fingerprint density at radius 2 is 1.85 bits per heavy atom. The quantitative estimate of drug-likeness (QED) is 0.884. The highest BCUT2D eigenvalue weighted by Crippen LogP contribution is 2.20. The number of nitrogens with zero attached hydrogens (tertiary/aromatic N) is 1. The van der Waals surface area contributed by atoms with E-state index in [1.165, 1.54) is 6.42 Å². The first-order valence-electron chi connectivity index (χ1n) is 9.46. The van der Waals surface area contributed by atoms with Gasteiger partial charge in [0.2, 0.25) is 11.8 Å². The fourth-order valence-electron chi connectivity index (χ4n) is 4.14. The number of benzene rings is 2. The van der Waals surface area contributed by atoms with E-state index in [1.807, 2.05) is 47.4 Å². The SMILES string of the molecule is O=C(Cc1cccc2ccccc12)NCC(=O)N1CCC2CCC(C1)N2. The second kappa shape index (κ2) is 7.46. The first-order valence-corrected chi connectivity index (χ1v) is 9.46. The largest absolute Gasteiger partial charge is 0.347 e. The first kappa shape index (κ1) is 17.0. The number of amides is 2. The van der Waals surface area contributed by atoms with Crippen LogP contribution in [-0.4, -0.2) is 48.4 Å². The average Bonchev–Trinajstić information content (AvgIpc) is 2.99. The van der Waals surface area contributed by atoms with E-state index in [1.54, 1.807) is 0 Å². The van der Waals surface area contributed by atoms with Crippen LogP contribution in [-0.2, 0) is 16.0 Å². The number of likely N-dealkylation sites (tertiary alicyclic amines) is 1. The number of fused-ring (bicyclic) bond motifs is 3. The van der Waals surface area contributed by atoms with Gasteiger partial charge in [0.15, 0.2) is 0 Å². The summed E-state index contributed by atoms with van der Waals surface area (Å²) in [5.74, 6) is -0.0882. The van der Waals surface area contributed by atoms with Gasteiger partial charge in [0, 0.05) is 25.2 Å². The molecule has 136 valence electrons. The molecule has 2 aliphatic heterocycles. The van der Waals surface area contributed by atoms with E-state index < -0.39 is 0 Å². The average molecular weight is 351 g/mol. The Labute approximate surface area is 153 Å². The molecule has 0 saturated carbocycles. The van der Waals surface area contributed by atoms with Gasteiger partial charge in [0.05, 0.1) is 13.0 Å². The van der Waals surface area contributed by atoms with Crippen LogP contribution in [0.2, 0.25) is 0 Å². The summed E-state index contributed by atoms with van der Waals surface area (Å²) in [6, 6.07) is 15.0. The predicted molar refractivity (Wildman–Crippen MR) is 102 cm³/mol. The molecule has 2 aromatic rings.